The Labute approximate surface area is 217 Å². The van der Waals surface area contributed by atoms with Gasteiger partial charge in [-0.15, -0.1) is 0 Å². The standard InChI is InChI=1S/C30H32N4O3/c35-30(17-20-32-18-15-24(16-19-32)21-23-7-3-1-4-8-23)33-29(26-11-13-27(14-12-26)34(36)37)22-28(31-33)25-9-5-2-6-10-25/h1-14,24,29H,15-22H2. The molecule has 0 aromatic heterocycles. The lowest BCUT2D eigenvalue weighted by molar-refractivity contribution is -0.384. The zero-order valence-corrected chi connectivity index (χ0v) is 20.9. The van der Waals surface area contributed by atoms with Crippen LogP contribution >= 0.6 is 0 Å². The quantitative estimate of drug-likeness (QED) is 0.300. The molecular weight excluding hydrogens is 464 g/mol. The average Bonchev–Trinajstić information content (AvgIpc) is 3.39. The molecular formula is C30H32N4O3. The highest BCUT2D eigenvalue weighted by molar-refractivity contribution is 6.03. The molecule has 0 spiro atoms. The van der Waals surface area contributed by atoms with E-state index in [4.69, 9.17) is 5.10 Å². The number of hydrazone groups is 1. The van der Waals surface area contributed by atoms with Gasteiger partial charge in [0.15, 0.2) is 0 Å². The monoisotopic (exact) mass is 496 g/mol. The Balaban J connectivity index is 1.22. The van der Waals surface area contributed by atoms with Crippen molar-refractivity contribution in [2.24, 2.45) is 11.0 Å². The Hall–Kier alpha value is -3.84. The molecule has 2 heterocycles. The SMILES string of the molecule is O=C(CCN1CCC(Cc2ccccc2)CC1)N1N=C(c2ccccc2)CC1c1ccc([N+](=O)[O-])cc1. The fraction of sp³-hybridized carbons (Fsp3) is 0.333. The minimum absolute atomic E-state index is 0.0132. The topological polar surface area (TPSA) is 79.0 Å². The van der Waals surface area contributed by atoms with Crippen molar-refractivity contribution in [3.63, 3.8) is 0 Å². The van der Waals surface area contributed by atoms with E-state index in [0.717, 1.165) is 55.7 Å². The largest absolute Gasteiger partial charge is 0.303 e. The summed E-state index contributed by atoms with van der Waals surface area (Å²) in [6, 6.07) is 26.8. The van der Waals surface area contributed by atoms with Gasteiger partial charge in [0, 0.05) is 31.5 Å². The fourth-order valence-corrected chi connectivity index (χ4v) is 5.35. The predicted molar refractivity (Wildman–Crippen MR) is 144 cm³/mol. The van der Waals surface area contributed by atoms with E-state index in [0.29, 0.717) is 18.8 Å². The van der Waals surface area contributed by atoms with Gasteiger partial charge in [0.05, 0.1) is 16.7 Å². The van der Waals surface area contributed by atoms with E-state index >= 15 is 0 Å². The molecule has 0 aliphatic carbocycles. The molecule has 5 rings (SSSR count). The van der Waals surface area contributed by atoms with Gasteiger partial charge in [-0.1, -0.05) is 72.8 Å². The van der Waals surface area contributed by atoms with Crippen LogP contribution < -0.4 is 0 Å². The van der Waals surface area contributed by atoms with E-state index in [9.17, 15) is 14.9 Å². The van der Waals surface area contributed by atoms with E-state index in [1.54, 1.807) is 17.1 Å². The first-order chi connectivity index (χ1) is 18.1. The van der Waals surface area contributed by atoms with Gasteiger partial charge in [-0.25, -0.2) is 5.01 Å². The summed E-state index contributed by atoms with van der Waals surface area (Å²) in [6.07, 6.45) is 4.40. The zero-order valence-electron chi connectivity index (χ0n) is 20.9. The van der Waals surface area contributed by atoms with Gasteiger partial charge in [-0.2, -0.15) is 5.10 Å². The molecule has 3 aromatic rings. The maximum atomic E-state index is 13.4. The van der Waals surface area contributed by atoms with Crippen molar-refractivity contribution in [1.29, 1.82) is 0 Å². The molecule has 2 aliphatic rings. The van der Waals surface area contributed by atoms with Gasteiger partial charge in [0.25, 0.3) is 5.69 Å². The number of rotatable bonds is 8. The summed E-state index contributed by atoms with van der Waals surface area (Å²) < 4.78 is 0. The number of non-ortho nitro benzene ring substituents is 1. The van der Waals surface area contributed by atoms with Gasteiger partial charge in [-0.05, 0) is 55.0 Å². The van der Waals surface area contributed by atoms with E-state index < -0.39 is 4.92 Å². The van der Waals surface area contributed by atoms with Crippen LogP contribution in [-0.2, 0) is 11.2 Å². The van der Waals surface area contributed by atoms with Crippen molar-refractivity contribution in [2.45, 2.75) is 38.1 Å². The molecule has 0 saturated carbocycles. The van der Waals surface area contributed by atoms with E-state index in [1.807, 2.05) is 30.3 Å². The summed E-state index contributed by atoms with van der Waals surface area (Å²) in [4.78, 5) is 26.5. The molecule has 0 bridgehead atoms. The number of likely N-dealkylation sites (tertiary alicyclic amines) is 1. The molecule has 190 valence electrons. The normalized spacial score (nSPS) is 18.5. The van der Waals surface area contributed by atoms with Crippen LogP contribution in [0.3, 0.4) is 0 Å². The van der Waals surface area contributed by atoms with E-state index in [2.05, 4.69) is 35.2 Å². The Morgan fingerprint density at radius 3 is 2.22 bits per heavy atom. The van der Waals surface area contributed by atoms with Crippen LogP contribution in [0.15, 0.2) is 90.0 Å². The zero-order chi connectivity index (χ0) is 25.6. The number of piperidine rings is 1. The lowest BCUT2D eigenvalue weighted by atomic mass is 9.90. The number of hydrogen-bond acceptors (Lipinski definition) is 5. The number of amides is 1. The maximum absolute atomic E-state index is 13.4. The lowest BCUT2D eigenvalue weighted by Gasteiger charge is -2.32. The highest BCUT2D eigenvalue weighted by Gasteiger charge is 2.33. The number of nitro benzene ring substituents is 1. The number of nitro groups is 1. The van der Waals surface area contributed by atoms with Crippen molar-refractivity contribution < 1.29 is 9.72 Å². The molecule has 37 heavy (non-hydrogen) atoms. The van der Waals surface area contributed by atoms with E-state index in [-0.39, 0.29) is 17.6 Å². The van der Waals surface area contributed by atoms with Gasteiger partial charge in [0.2, 0.25) is 5.91 Å². The second-order valence-electron chi connectivity index (χ2n) is 9.94. The van der Waals surface area contributed by atoms with Crippen LogP contribution in [0.25, 0.3) is 0 Å². The van der Waals surface area contributed by atoms with Crippen molar-refractivity contribution >= 4 is 17.3 Å². The first kappa shape index (κ1) is 24.8. The summed E-state index contributed by atoms with van der Waals surface area (Å²) in [5.74, 6) is 0.679. The molecule has 0 radical (unpaired) electrons. The smallest absolute Gasteiger partial charge is 0.269 e. The first-order valence-electron chi connectivity index (χ1n) is 13.0. The van der Waals surface area contributed by atoms with Crippen LogP contribution in [0.5, 0.6) is 0 Å². The highest BCUT2D eigenvalue weighted by Crippen LogP contribution is 2.34. The van der Waals surface area contributed by atoms with E-state index in [1.165, 1.54) is 17.7 Å². The lowest BCUT2D eigenvalue weighted by Crippen LogP contribution is -2.37. The molecule has 1 atom stereocenters. The van der Waals surface area contributed by atoms with Crippen LogP contribution in [0, 0.1) is 16.0 Å². The van der Waals surface area contributed by atoms with Gasteiger partial charge in [-0.3, -0.25) is 14.9 Å². The average molecular weight is 497 g/mol. The summed E-state index contributed by atoms with van der Waals surface area (Å²) in [5.41, 5.74) is 4.15. The number of carbonyl (C=O) groups is 1. The molecule has 0 N–H and O–H groups in total. The molecule has 7 heteroatoms. The van der Waals surface area contributed by atoms with Crippen molar-refractivity contribution in [2.75, 3.05) is 19.6 Å². The number of benzene rings is 3. The van der Waals surface area contributed by atoms with Crippen LogP contribution in [-0.4, -0.2) is 46.1 Å². The molecule has 3 aromatic carbocycles. The fourth-order valence-electron chi connectivity index (χ4n) is 5.35. The number of nitrogens with zero attached hydrogens (tertiary/aromatic N) is 4. The molecule has 1 fully saturated rings. The van der Waals surface area contributed by atoms with Gasteiger partial charge < -0.3 is 4.90 Å². The third-order valence-corrected chi connectivity index (χ3v) is 7.48. The Bertz CT molecular complexity index is 1240. The number of carbonyl (C=O) groups excluding carboxylic acids is 1. The highest BCUT2D eigenvalue weighted by atomic mass is 16.6. The minimum Gasteiger partial charge on any atom is -0.303 e. The molecule has 1 saturated heterocycles. The molecule has 7 nitrogen and oxygen atoms in total. The molecule has 1 unspecified atom stereocenters. The summed E-state index contributed by atoms with van der Waals surface area (Å²) in [5, 5.41) is 17.5. The molecule has 2 aliphatic heterocycles. The second-order valence-corrected chi connectivity index (χ2v) is 9.94. The van der Waals surface area contributed by atoms with Crippen molar-refractivity contribution in [1.82, 2.24) is 9.91 Å². The van der Waals surface area contributed by atoms with Crippen LogP contribution in [0.4, 0.5) is 5.69 Å². The maximum Gasteiger partial charge on any atom is 0.269 e. The van der Waals surface area contributed by atoms with Crippen LogP contribution in [0.1, 0.15) is 48.4 Å². The summed E-state index contributed by atoms with van der Waals surface area (Å²) in [6.45, 7) is 2.74. The summed E-state index contributed by atoms with van der Waals surface area (Å²) >= 11 is 0. The van der Waals surface area contributed by atoms with Crippen molar-refractivity contribution in [3.05, 3.63) is 112 Å². The van der Waals surface area contributed by atoms with Crippen molar-refractivity contribution in [3.8, 4) is 0 Å². The predicted octanol–water partition coefficient (Wildman–Crippen LogP) is 5.62. The Kier molecular flexibility index (Phi) is 7.70. The first-order valence-corrected chi connectivity index (χ1v) is 13.0. The van der Waals surface area contributed by atoms with Gasteiger partial charge in [0.1, 0.15) is 0 Å². The molecule has 1 amide bonds. The second kappa shape index (κ2) is 11.5. The Morgan fingerprint density at radius 2 is 1.57 bits per heavy atom. The summed E-state index contributed by atoms with van der Waals surface area (Å²) in [7, 11) is 0. The Morgan fingerprint density at radius 1 is 0.919 bits per heavy atom. The van der Waals surface area contributed by atoms with Gasteiger partial charge >= 0.3 is 0 Å². The number of hydrogen-bond donors (Lipinski definition) is 0. The third kappa shape index (κ3) is 6.12. The third-order valence-electron chi connectivity index (χ3n) is 7.48. The van der Waals surface area contributed by atoms with Crippen LogP contribution in [0.2, 0.25) is 0 Å². The minimum atomic E-state index is -0.406.